The van der Waals surface area contributed by atoms with Crippen molar-refractivity contribution in [3.63, 3.8) is 0 Å². The number of piperidine rings is 1. The van der Waals surface area contributed by atoms with Crippen LogP contribution in [-0.4, -0.2) is 58.0 Å². The zero-order valence-corrected chi connectivity index (χ0v) is 18.6. The number of likely N-dealkylation sites (tertiary alicyclic amines) is 1. The Balaban J connectivity index is 1.53. The predicted octanol–water partition coefficient (Wildman–Crippen LogP) is 2.32. The van der Waals surface area contributed by atoms with Crippen molar-refractivity contribution >= 4 is 17.7 Å². The molecule has 34 heavy (non-hydrogen) atoms. The van der Waals surface area contributed by atoms with Gasteiger partial charge in [-0.15, -0.1) is 0 Å². The first kappa shape index (κ1) is 23.7. The van der Waals surface area contributed by atoms with Crippen LogP contribution in [0.3, 0.4) is 0 Å². The Morgan fingerprint density at radius 2 is 2.09 bits per heavy atom. The van der Waals surface area contributed by atoms with Crippen LogP contribution >= 0.6 is 0 Å². The molecule has 4 heterocycles. The summed E-state index contributed by atoms with van der Waals surface area (Å²) in [6, 6.07) is 3.09. The van der Waals surface area contributed by atoms with Gasteiger partial charge in [0.1, 0.15) is 11.9 Å². The number of nitriles is 1. The van der Waals surface area contributed by atoms with Crippen molar-refractivity contribution < 1.29 is 18.0 Å². The minimum atomic E-state index is -4.52. The third-order valence-electron chi connectivity index (χ3n) is 6.49. The summed E-state index contributed by atoms with van der Waals surface area (Å²) in [6.45, 7) is 3.53. The van der Waals surface area contributed by atoms with E-state index in [-0.39, 0.29) is 36.5 Å². The number of nitrogens with two attached hydrogens (primary N) is 1. The molecule has 2 aliphatic rings. The van der Waals surface area contributed by atoms with Crippen molar-refractivity contribution in [2.45, 2.75) is 37.9 Å². The van der Waals surface area contributed by atoms with Gasteiger partial charge in [0, 0.05) is 43.4 Å². The molecule has 0 radical (unpaired) electrons. The molecule has 9 nitrogen and oxygen atoms in total. The molecule has 1 amide bonds. The zero-order valence-electron chi connectivity index (χ0n) is 18.6. The molecule has 0 bridgehead atoms. The predicted molar refractivity (Wildman–Crippen MR) is 118 cm³/mol. The molecule has 4 N–H and O–H groups in total. The number of nitrogens with one attached hydrogen (secondary N) is 2. The number of anilines is 2. The minimum Gasteiger partial charge on any atom is -0.369 e. The first-order valence-corrected chi connectivity index (χ1v) is 11.0. The second-order valence-corrected chi connectivity index (χ2v) is 8.55. The number of halogens is 3. The molecule has 2 aromatic rings. The monoisotopic (exact) mass is 474 g/mol. The van der Waals surface area contributed by atoms with E-state index < -0.39 is 17.7 Å². The molecular formula is C22H25F3N8O. The second-order valence-electron chi connectivity index (χ2n) is 8.55. The standard InChI is InChI=1S/C22H25F3N8O/c1-12(13-2-4-33(5-3-13)18(34)8-27)31-21-30-9-14(7-26)19(32-21)17-11-29-20-16(17)6-15(10-28-20)22(23,24)25/h6,9-10,12-13,17H,2-5,8,11,27H2,1H3,(H,28,29)(H,30,31,32). The summed E-state index contributed by atoms with van der Waals surface area (Å²) in [5.74, 6) is 0.297. The summed E-state index contributed by atoms with van der Waals surface area (Å²) in [4.78, 5) is 26.2. The summed E-state index contributed by atoms with van der Waals surface area (Å²) < 4.78 is 39.7. The van der Waals surface area contributed by atoms with E-state index in [9.17, 15) is 23.2 Å². The number of hydrogen-bond donors (Lipinski definition) is 3. The molecule has 1 fully saturated rings. The number of aromatic nitrogens is 3. The van der Waals surface area contributed by atoms with Crippen molar-refractivity contribution in [1.82, 2.24) is 19.9 Å². The lowest BCUT2D eigenvalue weighted by Gasteiger charge is -2.35. The van der Waals surface area contributed by atoms with Crippen LogP contribution in [0.1, 0.15) is 48.1 Å². The average molecular weight is 474 g/mol. The van der Waals surface area contributed by atoms with E-state index in [0.717, 1.165) is 25.1 Å². The number of fused-ring (bicyclic) bond motifs is 1. The maximum absolute atomic E-state index is 13.2. The fourth-order valence-corrected chi connectivity index (χ4v) is 4.52. The van der Waals surface area contributed by atoms with Crippen molar-refractivity contribution in [2.75, 3.05) is 36.8 Å². The van der Waals surface area contributed by atoms with Crippen LogP contribution in [0.5, 0.6) is 0 Å². The smallest absolute Gasteiger partial charge is 0.369 e. The number of pyridine rings is 1. The lowest BCUT2D eigenvalue weighted by atomic mass is 9.90. The maximum atomic E-state index is 13.2. The zero-order chi connectivity index (χ0) is 24.5. The van der Waals surface area contributed by atoms with Crippen LogP contribution in [0.25, 0.3) is 0 Å². The van der Waals surface area contributed by atoms with Gasteiger partial charge in [-0.2, -0.15) is 18.4 Å². The number of alkyl halides is 3. The first-order chi connectivity index (χ1) is 16.2. The summed E-state index contributed by atoms with van der Waals surface area (Å²) in [5.41, 5.74) is 5.49. The molecule has 2 aliphatic heterocycles. The molecule has 2 atom stereocenters. The highest BCUT2D eigenvalue weighted by molar-refractivity contribution is 5.78. The first-order valence-electron chi connectivity index (χ1n) is 11.0. The Hall–Kier alpha value is -3.46. The minimum absolute atomic E-state index is 0.000531. The van der Waals surface area contributed by atoms with Gasteiger partial charge in [0.15, 0.2) is 0 Å². The largest absolute Gasteiger partial charge is 0.417 e. The Labute approximate surface area is 194 Å². The molecule has 1 saturated heterocycles. The molecular weight excluding hydrogens is 449 g/mol. The summed E-state index contributed by atoms with van der Waals surface area (Å²) in [7, 11) is 0. The van der Waals surface area contributed by atoms with Crippen molar-refractivity contribution in [3.05, 3.63) is 40.8 Å². The topological polar surface area (TPSA) is 133 Å². The Kier molecular flexibility index (Phi) is 6.56. The molecule has 0 aliphatic carbocycles. The molecule has 2 unspecified atom stereocenters. The van der Waals surface area contributed by atoms with Crippen LogP contribution in [0.4, 0.5) is 24.9 Å². The molecule has 12 heteroatoms. The number of hydrogen-bond acceptors (Lipinski definition) is 8. The number of carbonyl (C=O) groups is 1. The number of nitrogens with zero attached hydrogens (tertiary/aromatic N) is 5. The second kappa shape index (κ2) is 9.42. The van der Waals surface area contributed by atoms with Gasteiger partial charge in [-0.3, -0.25) is 4.79 Å². The SMILES string of the molecule is CC(Nc1ncc(C#N)c(C2CNc3ncc(C(F)(F)F)cc32)n1)C1CCN(C(=O)CN)CC1. The van der Waals surface area contributed by atoms with Gasteiger partial charge in [-0.25, -0.2) is 15.0 Å². The molecule has 0 saturated carbocycles. The molecule has 180 valence electrons. The van der Waals surface area contributed by atoms with Gasteiger partial charge in [0.2, 0.25) is 11.9 Å². The van der Waals surface area contributed by atoms with Crippen LogP contribution in [0.15, 0.2) is 18.5 Å². The third-order valence-corrected chi connectivity index (χ3v) is 6.49. The average Bonchev–Trinajstić information content (AvgIpc) is 3.26. The normalized spacial score (nSPS) is 19.2. The summed E-state index contributed by atoms with van der Waals surface area (Å²) in [5, 5.41) is 15.8. The van der Waals surface area contributed by atoms with E-state index in [1.807, 2.05) is 13.0 Å². The molecule has 2 aromatic heterocycles. The van der Waals surface area contributed by atoms with E-state index >= 15 is 0 Å². The number of carbonyl (C=O) groups excluding carboxylic acids is 1. The van der Waals surface area contributed by atoms with Gasteiger partial charge in [-0.1, -0.05) is 0 Å². The van der Waals surface area contributed by atoms with Gasteiger partial charge in [-0.05, 0) is 31.7 Å². The highest BCUT2D eigenvalue weighted by atomic mass is 19.4. The third kappa shape index (κ3) is 4.75. The van der Waals surface area contributed by atoms with Crippen LogP contribution in [0.2, 0.25) is 0 Å². The van der Waals surface area contributed by atoms with E-state index in [4.69, 9.17) is 5.73 Å². The van der Waals surface area contributed by atoms with Crippen molar-refractivity contribution in [3.8, 4) is 6.07 Å². The van der Waals surface area contributed by atoms with Crippen molar-refractivity contribution in [2.24, 2.45) is 11.7 Å². The van der Waals surface area contributed by atoms with E-state index in [2.05, 4.69) is 25.6 Å². The Morgan fingerprint density at radius 3 is 2.74 bits per heavy atom. The number of amides is 1. The van der Waals surface area contributed by atoms with E-state index in [0.29, 0.717) is 36.1 Å². The van der Waals surface area contributed by atoms with Gasteiger partial charge < -0.3 is 21.3 Å². The van der Waals surface area contributed by atoms with Gasteiger partial charge in [0.05, 0.1) is 29.6 Å². The van der Waals surface area contributed by atoms with E-state index in [1.54, 1.807) is 4.90 Å². The van der Waals surface area contributed by atoms with Crippen LogP contribution in [0, 0.1) is 17.2 Å². The number of rotatable bonds is 5. The quantitative estimate of drug-likeness (QED) is 0.601. The highest BCUT2D eigenvalue weighted by Crippen LogP contribution is 2.39. The van der Waals surface area contributed by atoms with Gasteiger partial charge in [0.25, 0.3) is 0 Å². The Bertz CT molecular complexity index is 1110. The Morgan fingerprint density at radius 1 is 1.35 bits per heavy atom. The van der Waals surface area contributed by atoms with Crippen LogP contribution in [-0.2, 0) is 11.0 Å². The lowest BCUT2D eigenvalue weighted by Crippen LogP contribution is -2.44. The van der Waals surface area contributed by atoms with Gasteiger partial charge >= 0.3 is 6.18 Å². The maximum Gasteiger partial charge on any atom is 0.417 e. The molecule has 4 rings (SSSR count). The fourth-order valence-electron chi connectivity index (χ4n) is 4.52. The van der Waals surface area contributed by atoms with Crippen molar-refractivity contribution in [1.29, 1.82) is 5.26 Å². The lowest BCUT2D eigenvalue weighted by molar-refractivity contribution is -0.137. The summed E-state index contributed by atoms with van der Waals surface area (Å²) in [6.07, 6.45) is -0.742. The molecule has 0 aromatic carbocycles. The van der Waals surface area contributed by atoms with Crippen LogP contribution < -0.4 is 16.4 Å². The highest BCUT2D eigenvalue weighted by Gasteiger charge is 2.36. The fraction of sp³-hybridized carbons (Fsp3) is 0.500. The van der Waals surface area contributed by atoms with E-state index in [1.165, 1.54) is 6.20 Å². The summed E-state index contributed by atoms with van der Waals surface area (Å²) >= 11 is 0. The molecule has 0 spiro atoms.